The SMILES string of the molecule is CCOc1cc(C=NNc2nc(-c3ccccc3)c(C#N)c(=O)[nH]2)c(Br)c(Cl)c1O. The van der Waals surface area contributed by atoms with Crippen molar-refractivity contribution in [2.24, 2.45) is 5.10 Å². The molecule has 0 aliphatic rings. The van der Waals surface area contributed by atoms with Gasteiger partial charge < -0.3 is 9.84 Å². The van der Waals surface area contributed by atoms with Crippen molar-refractivity contribution in [1.29, 1.82) is 5.26 Å². The largest absolute Gasteiger partial charge is 0.503 e. The average Bonchev–Trinajstić information content (AvgIpc) is 2.75. The monoisotopic (exact) mass is 487 g/mol. The van der Waals surface area contributed by atoms with E-state index in [0.29, 0.717) is 22.2 Å². The molecule has 0 atom stereocenters. The molecule has 0 radical (unpaired) electrons. The van der Waals surface area contributed by atoms with Gasteiger partial charge in [0.1, 0.15) is 16.7 Å². The predicted molar refractivity (Wildman–Crippen MR) is 118 cm³/mol. The third-order valence-electron chi connectivity index (χ3n) is 3.93. The number of phenolic OH excluding ortho intramolecular Hbond substituents is 1. The number of benzene rings is 2. The molecule has 10 heteroatoms. The van der Waals surface area contributed by atoms with Crippen molar-refractivity contribution in [3.8, 4) is 28.8 Å². The van der Waals surface area contributed by atoms with Crippen LogP contribution in [-0.4, -0.2) is 27.9 Å². The van der Waals surface area contributed by atoms with Crippen LogP contribution in [0, 0.1) is 11.3 Å². The van der Waals surface area contributed by atoms with Crippen molar-refractivity contribution in [2.45, 2.75) is 6.92 Å². The fourth-order valence-electron chi connectivity index (χ4n) is 2.57. The first-order valence-electron chi connectivity index (χ1n) is 8.68. The normalized spacial score (nSPS) is 10.7. The van der Waals surface area contributed by atoms with E-state index >= 15 is 0 Å². The lowest BCUT2D eigenvalue weighted by Gasteiger charge is -2.10. The molecule has 0 saturated heterocycles. The van der Waals surface area contributed by atoms with Gasteiger partial charge in [0.15, 0.2) is 11.5 Å². The fourth-order valence-corrected chi connectivity index (χ4v) is 3.18. The molecule has 0 fully saturated rings. The summed E-state index contributed by atoms with van der Waals surface area (Å²) < 4.78 is 5.77. The number of H-pyrrole nitrogens is 1. The van der Waals surface area contributed by atoms with Crippen LogP contribution in [0.4, 0.5) is 5.95 Å². The van der Waals surface area contributed by atoms with Crippen molar-refractivity contribution in [3.05, 3.63) is 67.4 Å². The average molecular weight is 489 g/mol. The van der Waals surface area contributed by atoms with Crippen molar-refractivity contribution < 1.29 is 9.84 Å². The first-order chi connectivity index (χ1) is 14.5. The maximum absolute atomic E-state index is 12.3. The molecular formula is C20H15BrClN5O3. The molecule has 1 aromatic heterocycles. The molecule has 0 aliphatic carbocycles. The van der Waals surface area contributed by atoms with Crippen molar-refractivity contribution >= 4 is 39.7 Å². The maximum atomic E-state index is 12.3. The van der Waals surface area contributed by atoms with Crippen molar-refractivity contribution in [2.75, 3.05) is 12.0 Å². The Morgan fingerprint density at radius 2 is 2.17 bits per heavy atom. The number of nitrogens with zero attached hydrogens (tertiary/aromatic N) is 3. The molecule has 1 heterocycles. The summed E-state index contributed by atoms with van der Waals surface area (Å²) >= 11 is 9.41. The van der Waals surface area contributed by atoms with E-state index in [2.05, 4.69) is 36.4 Å². The summed E-state index contributed by atoms with van der Waals surface area (Å²) in [6.45, 7) is 2.13. The Bertz CT molecular complexity index is 1210. The van der Waals surface area contributed by atoms with Crippen molar-refractivity contribution in [3.63, 3.8) is 0 Å². The Kier molecular flexibility index (Phi) is 6.72. The Balaban J connectivity index is 1.93. The number of halogens is 2. The lowest BCUT2D eigenvalue weighted by Crippen LogP contribution is -2.16. The molecule has 0 amide bonds. The second-order valence-electron chi connectivity index (χ2n) is 5.86. The highest BCUT2D eigenvalue weighted by atomic mass is 79.9. The molecule has 3 N–H and O–H groups in total. The molecule has 8 nitrogen and oxygen atoms in total. The zero-order valence-corrected chi connectivity index (χ0v) is 18.0. The van der Waals surface area contributed by atoms with Gasteiger partial charge in [-0.2, -0.15) is 10.4 Å². The molecule has 3 aromatic rings. The number of phenols is 1. The molecule has 0 spiro atoms. The van der Waals surface area contributed by atoms with E-state index in [9.17, 15) is 15.2 Å². The van der Waals surface area contributed by atoms with Gasteiger partial charge in [-0.3, -0.25) is 9.78 Å². The third-order valence-corrected chi connectivity index (χ3v) is 5.38. The van der Waals surface area contributed by atoms with Gasteiger partial charge in [-0.05, 0) is 28.9 Å². The molecule has 2 aromatic carbocycles. The number of rotatable bonds is 6. The zero-order chi connectivity index (χ0) is 21.7. The summed E-state index contributed by atoms with van der Waals surface area (Å²) in [6, 6.07) is 12.3. The van der Waals surface area contributed by atoms with Gasteiger partial charge in [-0.15, -0.1) is 0 Å². The van der Waals surface area contributed by atoms with Crippen LogP contribution >= 0.6 is 27.5 Å². The number of aromatic amines is 1. The lowest BCUT2D eigenvalue weighted by atomic mass is 10.1. The Morgan fingerprint density at radius 3 is 2.83 bits per heavy atom. The summed E-state index contributed by atoms with van der Waals surface area (Å²) in [5.41, 5.74) is 3.35. The number of hydrazone groups is 1. The number of nitrogens with one attached hydrogen (secondary N) is 2. The second kappa shape index (κ2) is 9.43. The Morgan fingerprint density at radius 1 is 1.43 bits per heavy atom. The van der Waals surface area contributed by atoms with Crippen LogP contribution in [-0.2, 0) is 0 Å². The van der Waals surface area contributed by atoms with Gasteiger partial charge in [-0.25, -0.2) is 10.4 Å². The van der Waals surface area contributed by atoms with Crippen LogP contribution in [0.5, 0.6) is 11.5 Å². The van der Waals surface area contributed by atoms with E-state index in [1.807, 2.05) is 12.1 Å². The highest BCUT2D eigenvalue weighted by molar-refractivity contribution is 9.10. The van der Waals surface area contributed by atoms with Gasteiger partial charge in [0, 0.05) is 15.6 Å². The minimum atomic E-state index is -0.587. The van der Waals surface area contributed by atoms with Crippen LogP contribution in [0.3, 0.4) is 0 Å². The fraction of sp³-hybridized carbons (Fsp3) is 0.100. The van der Waals surface area contributed by atoms with Crippen LogP contribution in [0.25, 0.3) is 11.3 Å². The molecule has 0 aliphatic heterocycles. The number of anilines is 1. The first kappa shape index (κ1) is 21.4. The number of hydrogen-bond donors (Lipinski definition) is 3. The summed E-state index contributed by atoms with van der Waals surface area (Å²) in [5, 5.41) is 23.5. The van der Waals surface area contributed by atoms with E-state index in [1.54, 1.807) is 37.3 Å². The van der Waals surface area contributed by atoms with E-state index < -0.39 is 5.56 Å². The second-order valence-corrected chi connectivity index (χ2v) is 7.03. The number of nitriles is 1. The number of ether oxygens (including phenoxy) is 1. The number of aromatic nitrogens is 2. The number of aromatic hydroxyl groups is 1. The van der Waals surface area contributed by atoms with Crippen LogP contribution < -0.4 is 15.7 Å². The third kappa shape index (κ3) is 4.45. The Labute approximate surface area is 184 Å². The van der Waals surface area contributed by atoms with Crippen LogP contribution in [0.15, 0.2) is 50.8 Å². The molecule has 152 valence electrons. The minimum Gasteiger partial charge on any atom is -0.503 e. The lowest BCUT2D eigenvalue weighted by molar-refractivity contribution is 0.318. The zero-order valence-electron chi connectivity index (χ0n) is 15.6. The highest BCUT2D eigenvalue weighted by Crippen LogP contribution is 2.41. The quantitative estimate of drug-likeness (QED) is 0.351. The Hall–Kier alpha value is -3.35. The van der Waals surface area contributed by atoms with Gasteiger partial charge in [0.2, 0.25) is 5.95 Å². The van der Waals surface area contributed by atoms with E-state index in [4.69, 9.17) is 16.3 Å². The van der Waals surface area contributed by atoms with Crippen LogP contribution in [0.1, 0.15) is 18.1 Å². The summed E-state index contributed by atoms with van der Waals surface area (Å²) in [5.74, 6) is 0.0876. The van der Waals surface area contributed by atoms with Crippen LogP contribution in [0.2, 0.25) is 5.02 Å². The summed E-state index contributed by atoms with van der Waals surface area (Å²) in [6.07, 6.45) is 1.41. The minimum absolute atomic E-state index is 0.0557. The van der Waals surface area contributed by atoms with Crippen molar-refractivity contribution in [1.82, 2.24) is 9.97 Å². The van der Waals surface area contributed by atoms with Gasteiger partial charge in [0.05, 0.1) is 18.5 Å². The molecule has 3 rings (SSSR count). The number of hydrogen-bond acceptors (Lipinski definition) is 7. The molecular weight excluding hydrogens is 474 g/mol. The van der Waals surface area contributed by atoms with E-state index in [1.165, 1.54) is 6.21 Å². The smallest absolute Gasteiger partial charge is 0.270 e. The van der Waals surface area contributed by atoms with Gasteiger partial charge >= 0.3 is 0 Å². The summed E-state index contributed by atoms with van der Waals surface area (Å²) in [7, 11) is 0. The van der Waals surface area contributed by atoms with Gasteiger partial charge in [-0.1, -0.05) is 41.9 Å². The highest BCUT2D eigenvalue weighted by Gasteiger charge is 2.15. The maximum Gasteiger partial charge on any atom is 0.270 e. The molecule has 0 bridgehead atoms. The topological polar surface area (TPSA) is 123 Å². The predicted octanol–water partition coefficient (Wildman–Crippen LogP) is 4.27. The van der Waals surface area contributed by atoms with Gasteiger partial charge in [0.25, 0.3) is 5.56 Å². The first-order valence-corrected chi connectivity index (χ1v) is 9.86. The molecule has 0 saturated carbocycles. The van der Waals surface area contributed by atoms with E-state index in [-0.39, 0.29) is 33.7 Å². The molecule has 0 unspecified atom stereocenters. The standard InChI is InChI=1S/C20H15BrClN5O3/c1-2-30-14-8-12(15(21)16(22)18(14)28)10-24-27-20-25-17(11-6-4-3-5-7-11)13(9-23)19(29)26-20/h3-8,10,28H,2H2,1H3,(H2,25,26,27,29). The van der Waals surface area contributed by atoms with E-state index in [0.717, 1.165) is 0 Å². The molecule has 30 heavy (non-hydrogen) atoms. The summed E-state index contributed by atoms with van der Waals surface area (Å²) in [4.78, 5) is 19.0.